The van der Waals surface area contributed by atoms with Gasteiger partial charge in [0.15, 0.2) is 5.82 Å². The molecule has 0 N–H and O–H groups in total. The van der Waals surface area contributed by atoms with E-state index in [1.165, 1.54) is 12.1 Å². The van der Waals surface area contributed by atoms with Crippen molar-refractivity contribution in [2.24, 2.45) is 0 Å². The standard InChI is InChI=1S/C18H8BrCl2F3N4O2/c1-7-2-9(20)4-10-14(7)26-16(30-17(10)29)12-5-13(19)27-28(12)15-11(21)3-8(6-25-15)18(22,23)24/h2-6H,1H3. The number of pyridine rings is 1. The number of hydrogen-bond donors (Lipinski definition) is 0. The number of aryl methyl sites for hydroxylation is 1. The molecule has 12 heteroatoms. The zero-order valence-electron chi connectivity index (χ0n) is 14.8. The monoisotopic (exact) mass is 518 g/mol. The molecule has 6 nitrogen and oxygen atoms in total. The van der Waals surface area contributed by atoms with E-state index in [0.29, 0.717) is 26.9 Å². The Bertz CT molecular complexity index is 1370. The van der Waals surface area contributed by atoms with Crippen LogP contribution in [-0.2, 0) is 6.18 Å². The van der Waals surface area contributed by atoms with Gasteiger partial charge in [-0.2, -0.15) is 18.3 Å². The van der Waals surface area contributed by atoms with Crippen molar-refractivity contribution < 1.29 is 17.6 Å². The Labute approximate surface area is 184 Å². The second kappa shape index (κ2) is 7.36. The van der Waals surface area contributed by atoms with E-state index < -0.39 is 17.4 Å². The van der Waals surface area contributed by atoms with E-state index in [4.69, 9.17) is 27.6 Å². The molecule has 0 atom stereocenters. The molecule has 4 aromatic rings. The van der Waals surface area contributed by atoms with E-state index >= 15 is 0 Å². The van der Waals surface area contributed by atoms with Crippen LogP contribution >= 0.6 is 39.1 Å². The minimum Gasteiger partial charge on any atom is -0.401 e. The Hall–Kier alpha value is -2.43. The minimum atomic E-state index is -4.60. The lowest BCUT2D eigenvalue weighted by Crippen LogP contribution is -2.10. The molecule has 30 heavy (non-hydrogen) atoms. The molecule has 0 fully saturated rings. The Kier molecular flexibility index (Phi) is 5.11. The Morgan fingerprint density at radius 2 is 1.90 bits per heavy atom. The molecule has 154 valence electrons. The summed E-state index contributed by atoms with van der Waals surface area (Å²) in [5, 5.41) is 4.39. The first-order valence-electron chi connectivity index (χ1n) is 8.14. The van der Waals surface area contributed by atoms with Gasteiger partial charge in [0, 0.05) is 17.3 Å². The van der Waals surface area contributed by atoms with Crippen molar-refractivity contribution >= 4 is 50.0 Å². The molecular formula is C18H8BrCl2F3N4O2. The van der Waals surface area contributed by atoms with Crippen LogP contribution in [0.2, 0.25) is 10.0 Å². The molecule has 0 aliphatic carbocycles. The highest BCUT2D eigenvalue weighted by atomic mass is 79.9. The molecule has 4 rings (SSSR count). The molecule has 0 amide bonds. The van der Waals surface area contributed by atoms with Gasteiger partial charge < -0.3 is 4.42 Å². The third kappa shape index (κ3) is 3.70. The van der Waals surface area contributed by atoms with E-state index in [9.17, 15) is 18.0 Å². The van der Waals surface area contributed by atoms with E-state index in [2.05, 4.69) is 31.0 Å². The molecule has 0 saturated carbocycles. The Morgan fingerprint density at radius 1 is 1.17 bits per heavy atom. The maximum absolute atomic E-state index is 12.9. The number of fused-ring (bicyclic) bond motifs is 1. The van der Waals surface area contributed by atoms with E-state index in [0.717, 1.165) is 10.7 Å². The zero-order chi connectivity index (χ0) is 21.8. The number of nitrogens with zero attached hydrogens (tertiary/aromatic N) is 4. The van der Waals surface area contributed by atoms with Crippen molar-refractivity contribution in [1.82, 2.24) is 19.7 Å². The van der Waals surface area contributed by atoms with Crippen molar-refractivity contribution in [2.75, 3.05) is 0 Å². The predicted octanol–water partition coefficient (Wildman–Crippen LogP) is 5.83. The topological polar surface area (TPSA) is 73.8 Å². The number of aromatic nitrogens is 4. The summed E-state index contributed by atoms with van der Waals surface area (Å²) in [7, 11) is 0. The van der Waals surface area contributed by atoms with Crippen LogP contribution in [0.5, 0.6) is 0 Å². The summed E-state index contributed by atoms with van der Waals surface area (Å²) < 4.78 is 45.5. The number of alkyl halides is 3. The molecule has 1 aromatic carbocycles. The maximum atomic E-state index is 12.9. The summed E-state index contributed by atoms with van der Waals surface area (Å²) in [4.78, 5) is 20.6. The van der Waals surface area contributed by atoms with Crippen LogP contribution in [0.3, 0.4) is 0 Å². The largest absolute Gasteiger partial charge is 0.417 e. The summed E-state index contributed by atoms with van der Waals surface area (Å²) in [5.74, 6) is -0.211. The average Bonchev–Trinajstić information content (AvgIpc) is 3.03. The third-order valence-electron chi connectivity index (χ3n) is 4.14. The van der Waals surface area contributed by atoms with Gasteiger partial charge >= 0.3 is 11.8 Å². The number of rotatable bonds is 2. The summed E-state index contributed by atoms with van der Waals surface area (Å²) in [5.41, 5.74) is -0.532. The van der Waals surface area contributed by atoms with Crippen LogP contribution in [-0.4, -0.2) is 19.7 Å². The van der Waals surface area contributed by atoms with Crippen LogP contribution in [0.15, 0.2) is 44.3 Å². The van der Waals surface area contributed by atoms with Gasteiger partial charge in [-0.1, -0.05) is 23.2 Å². The lowest BCUT2D eigenvalue weighted by Gasteiger charge is -2.11. The van der Waals surface area contributed by atoms with E-state index in [1.54, 1.807) is 13.0 Å². The van der Waals surface area contributed by atoms with Crippen LogP contribution in [0.4, 0.5) is 13.2 Å². The second-order valence-electron chi connectivity index (χ2n) is 6.22. The highest BCUT2D eigenvalue weighted by Crippen LogP contribution is 2.34. The first kappa shape index (κ1) is 20.8. The Balaban J connectivity index is 1.93. The third-order valence-corrected chi connectivity index (χ3v) is 5.02. The zero-order valence-corrected chi connectivity index (χ0v) is 17.9. The fraction of sp³-hybridized carbons (Fsp3) is 0.111. The summed E-state index contributed by atoms with van der Waals surface area (Å²) in [6, 6.07) is 5.28. The summed E-state index contributed by atoms with van der Waals surface area (Å²) in [6.07, 6.45) is -3.97. The van der Waals surface area contributed by atoms with Crippen molar-refractivity contribution in [3.05, 3.63) is 66.7 Å². The molecule has 0 radical (unpaired) electrons. The summed E-state index contributed by atoms with van der Waals surface area (Å²) in [6.45, 7) is 1.73. The summed E-state index contributed by atoms with van der Waals surface area (Å²) >= 11 is 15.2. The fourth-order valence-electron chi connectivity index (χ4n) is 2.82. The molecule has 0 spiro atoms. The Morgan fingerprint density at radius 3 is 2.57 bits per heavy atom. The molecule has 0 bridgehead atoms. The van der Waals surface area contributed by atoms with Crippen LogP contribution in [0.1, 0.15) is 11.1 Å². The van der Waals surface area contributed by atoms with Crippen molar-refractivity contribution in [3.8, 4) is 17.4 Å². The quantitative estimate of drug-likeness (QED) is 0.333. The van der Waals surface area contributed by atoms with Crippen molar-refractivity contribution in [3.63, 3.8) is 0 Å². The SMILES string of the molecule is Cc1cc(Cl)cc2c(=O)oc(-c3cc(Br)nn3-c3ncc(C(F)(F)F)cc3Cl)nc12. The lowest BCUT2D eigenvalue weighted by atomic mass is 10.1. The van der Waals surface area contributed by atoms with Crippen LogP contribution < -0.4 is 5.63 Å². The van der Waals surface area contributed by atoms with Crippen molar-refractivity contribution in [2.45, 2.75) is 13.1 Å². The molecule has 0 aliphatic rings. The van der Waals surface area contributed by atoms with Gasteiger partial charge in [0.1, 0.15) is 10.3 Å². The van der Waals surface area contributed by atoms with Gasteiger partial charge in [-0.25, -0.2) is 19.4 Å². The lowest BCUT2D eigenvalue weighted by molar-refractivity contribution is -0.137. The molecule has 3 aromatic heterocycles. The smallest absolute Gasteiger partial charge is 0.401 e. The minimum absolute atomic E-state index is 0.0947. The molecule has 0 aliphatic heterocycles. The highest BCUT2D eigenvalue weighted by molar-refractivity contribution is 9.10. The predicted molar refractivity (Wildman–Crippen MR) is 108 cm³/mol. The molecular weight excluding hydrogens is 512 g/mol. The fourth-order valence-corrected chi connectivity index (χ4v) is 3.72. The number of benzene rings is 1. The van der Waals surface area contributed by atoms with Gasteiger partial charge in [0.25, 0.3) is 0 Å². The maximum Gasteiger partial charge on any atom is 0.417 e. The number of halogens is 6. The van der Waals surface area contributed by atoms with Crippen LogP contribution in [0, 0.1) is 6.92 Å². The van der Waals surface area contributed by atoms with Crippen molar-refractivity contribution in [1.29, 1.82) is 0 Å². The van der Waals surface area contributed by atoms with Gasteiger partial charge in [-0.05, 0) is 46.6 Å². The first-order chi connectivity index (χ1) is 14.0. The second-order valence-corrected chi connectivity index (χ2v) is 7.87. The van der Waals surface area contributed by atoms with Gasteiger partial charge in [0.2, 0.25) is 5.89 Å². The molecule has 3 heterocycles. The first-order valence-corrected chi connectivity index (χ1v) is 9.69. The normalized spacial score (nSPS) is 12.0. The molecule has 0 unspecified atom stereocenters. The average molecular weight is 520 g/mol. The van der Waals surface area contributed by atoms with Crippen LogP contribution in [0.25, 0.3) is 28.3 Å². The highest BCUT2D eigenvalue weighted by Gasteiger charge is 2.32. The van der Waals surface area contributed by atoms with E-state index in [1.807, 2.05) is 0 Å². The molecule has 0 saturated heterocycles. The number of hydrogen-bond acceptors (Lipinski definition) is 5. The van der Waals surface area contributed by atoms with E-state index in [-0.39, 0.29) is 27.8 Å². The van der Waals surface area contributed by atoms with Gasteiger partial charge in [-0.3, -0.25) is 0 Å². The van der Waals surface area contributed by atoms with Gasteiger partial charge in [-0.15, -0.1) is 0 Å². The van der Waals surface area contributed by atoms with Gasteiger partial charge in [0.05, 0.1) is 21.5 Å².